The van der Waals surface area contributed by atoms with Gasteiger partial charge in [-0.15, -0.1) is 0 Å². The maximum Gasteiger partial charge on any atom is 0.229 e. The fourth-order valence-corrected chi connectivity index (χ4v) is 5.27. The Kier molecular flexibility index (Phi) is 5.25. The lowest BCUT2D eigenvalue weighted by Gasteiger charge is -2.27. The maximum absolute atomic E-state index is 12.2. The zero-order valence-corrected chi connectivity index (χ0v) is 18.5. The van der Waals surface area contributed by atoms with Crippen LogP contribution in [0.25, 0.3) is 0 Å². The van der Waals surface area contributed by atoms with Crippen molar-refractivity contribution in [2.75, 3.05) is 22.6 Å². The quantitative estimate of drug-likeness (QED) is 0.600. The SMILES string of the molecule is CN1C(=O)CCCc2ccc(Nc3ncc(Cl)c(NC4C5C=CC(C5)C4C(N)=O)n3)cc21. The molecule has 32 heavy (non-hydrogen) atoms. The number of fused-ring (bicyclic) bond motifs is 3. The molecule has 1 aromatic carbocycles. The summed E-state index contributed by atoms with van der Waals surface area (Å²) in [6.07, 6.45) is 8.91. The number of halogens is 1. The third-order valence-electron chi connectivity index (χ3n) is 6.75. The summed E-state index contributed by atoms with van der Waals surface area (Å²) in [7, 11) is 1.80. The van der Waals surface area contributed by atoms with Crippen molar-refractivity contribution in [3.05, 3.63) is 47.1 Å². The second-order valence-electron chi connectivity index (χ2n) is 8.71. The second kappa shape index (κ2) is 8.09. The summed E-state index contributed by atoms with van der Waals surface area (Å²) in [5.74, 6) is 0.720. The normalized spacial score (nSPS) is 26.1. The Morgan fingerprint density at radius 3 is 2.88 bits per heavy atom. The zero-order valence-electron chi connectivity index (χ0n) is 17.7. The first kappa shape index (κ1) is 20.8. The molecular formula is C23H25ClN6O2. The van der Waals surface area contributed by atoms with Crippen molar-refractivity contribution in [1.29, 1.82) is 0 Å². The van der Waals surface area contributed by atoms with Crippen LogP contribution < -0.4 is 21.3 Å². The topological polar surface area (TPSA) is 113 Å². The predicted molar refractivity (Wildman–Crippen MR) is 124 cm³/mol. The van der Waals surface area contributed by atoms with Gasteiger partial charge in [0.2, 0.25) is 17.8 Å². The van der Waals surface area contributed by atoms with Crippen LogP contribution >= 0.6 is 11.6 Å². The molecule has 2 bridgehead atoms. The van der Waals surface area contributed by atoms with Gasteiger partial charge in [-0.05, 0) is 48.8 Å². The minimum absolute atomic E-state index is 0.110. The molecule has 2 amide bonds. The first-order valence-corrected chi connectivity index (χ1v) is 11.2. The molecule has 9 heteroatoms. The van der Waals surface area contributed by atoms with Gasteiger partial charge >= 0.3 is 0 Å². The number of nitrogens with two attached hydrogens (primary N) is 1. The van der Waals surface area contributed by atoms with Crippen molar-refractivity contribution in [2.45, 2.75) is 31.7 Å². The lowest BCUT2D eigenvalue weighted by Crippen LogP contribution is -2.41. The van der Waals surface area contributed by atoms with E-state index in [-0.39, 0.29) is 35.6 Å². The lowest BCUT2D eigenvalue weighted by molar-refractivity contribution is -0.122. The third kappa shape index (κ3) is 3.68. The van der Waals surface area contributed by atoms with Crippen LogP contribution in [0.15, 0.2) is 36.5 Å². The Hall–Kier alpha value is -3.13. The van der Waals surface area contributed by atoms with Crippen LogP contribution in [0.3, 0.4) is 0 Å². The Labute approximate surface area is 191 Å². The van der Waals surface area contributed by atoms with E-state index in [1.54, 1.807) is 11.9 Å². The van der Waals surface area contributed by atoms with Crippen LogP contribution in [-0.2, 0) is 16.0 Å². The molecule has 1 saturated carbocycles. The molecule has 2 aromatic rings. The molecule has 4 atom stereocenters. The van der Waals surface area contributed by atoms with Crippen molar-refractivity contribution in [3.63, 3.8) is 0 Å². The minimum atomic E-state index is -0.313. The van der Waals surface area contributed by atoms with Crippen molar-refractivity contribution in [3.8, 4) is 0 Å². The first-order valence-electron chi connectivity index (χ1n) is 10.8. The molecule has 2 heterocycles. The zero-order chi connectivity index (χ0) is 22.4. The lowest BCUT2D eigenvalue weighted by atomic mass is 9.88. The molecule has 0 saturated heterocycles. The number of hydrogen-bond donors (Lipinski definition) is 3. The number of carbonyl (C=O) groups excluding carboxylic acids is 2. The fourth-order valence-electron chi connectivity index (χ4n) is 5.12. The highest BCUT2D eigenvalue weighted by Gasteiger charge is 2.47. The van der Waals surface area contributed by atoms with Gasteiger partial charge in [0, 0.05) is 30.9 Å². The number of benzene rings is 1. The van der Waals surface area contributed by atoms with Crippen LogP contribution in [0, 0.1) is 17.8 Å². The van der Waals surface area contributed by atoms with Gasteiger partial charge in [-0.1, -0.05) is 29.8 Å². The smallest absolute Gasteiger partial charge is 0.229 e. The van der Waals surface area contributed by atoms with Gasteiger partial charge < -0.3 is 21.3 Å². The number of amides is 2. The molecular weight excluding hydrogens is 428 g/mol. The maximum atomic E-state index is 12.2. The fraction of sp³-hybridized carbons (Fsp3) is 0.391. The molecule has 5 rings (SSSR count). The summed E-state index contributed by atoms with van der Waals surface area (Å²) in [5, 5.41) is 6.92. The number of nitrogens with zero attached hydrogens (tertiary/aromatic N) is 3. The highest BCUT2D eigenvalue weighted by molar-refractivity contribution is 6.32. The Balaban J connectivity index is 1.38. The molecule has 1 aliphatic heterocycles. The number of allylic oxidation sites excluding steroid dienone is 1. The highest BCUT2D eigenvalue weighted by Crippen LogP contribution is 2.45. The molecule has 4 N–H and O–H groups in total. The van der Waals surface area contributed by atoms with Gasteiger partial charge in [0.25, 0.3) is 0 Å². The minimum Gasteiger partial charge on any atom is -0.369 e. The van der Waals surface area contributed by atoms with Crippen LogP contribution in [0.1, 0.15) is 24.8 Å². The Bertz CT molecular complexity index is 1120. The second-order valence-corrected chi connectivity index (χ2v) is 9.12. The summed E-state index contributed by atoms with van der Waals surface area (Å²) in [6, 6.07) is 5.78. The number of aromatic nitrogens is 2. The number of primary amides is 1. The number of rotatable bonds is 5. The third-order valence-corrected chi connectivity index (χ3v) is 7.03. The monoisotopic (exact) mass is 452 g/mol. The number of hydrogen-bond acceptors (Lipinski definition) is 6. The standard InChI is InChI=1S/C23H25ClN6O2/c1-30-17-10-15(8-7-12(17)3-2-4-18(30)31)27-23-26-11-16(24)22(29-23)28-20-14-6-5-13(9-14)19(20)21(25)32/h5-8,10-11,13-14,19-20H,2-4,9H2,1H3,(H2,25,32)(H2,26,27,28,29). The van der Waals surface area contributed by atoms with Gasteiger partial charge in [0.1, 0.15) is 5.02 Å². The van der Waals surface area contributed by atoms with E-state index < -0.39 is 0 Å². The summed E-state index contributed by atoms with van der Waals surface area (Å²) in [4.78, 5) is 34.8. The van der Waals surface area contributed by atoms with E-state index in [1.165, 1.54) is 6.20 Å². The van der Waals surface area contributed by atoms with Crippen molar-refractivity contribution in [2.24, 2.45) is 23.5 Å². The molecule has 8 nitrogen and oxygen atoms in total. The highest BCUT2D eigenvalue weighted by atomic mass is 35.5. The molecule has 1 aromatic heterocycles. The summed E-state index contributed by atoms with van der Waals surface area (Å²) < 4.78 is 0. The van der Waals surface area contributed by atoms with Crippen molar-refractivity contribution < 1.29 is 9.59 Å². The van der Waals surface area contributed by atoms with Crippen LogP contribution in [0.2, 0.25) is 5.02 Å². The van der Waals surface area contributed by atoms with Gasteiger partial charge in [0.15, 0.2) is 5.82 Å². The largest absolute Gasteiger partial charge is 0.369 e. The first-order chi connectivity index (χ1) is 15.4. The summed E-state index contributed by atoms with van der Waals surface area (Å²) in [5.41, 5.74) is 8.48. The molecule has 0 radical (unpaired) electrons. The molecule has 0 spiro atoms. The molecule has 166 valence electrons. The van der Waals surface area contributed by atoms with Gasteiger partial charge in [-0.3, -0.25) is 9.59 Å². The van der Waals surface area contributed by atoms with E-state index in [0.29, 0.717) is 23.2 Å². The van der Waals surface area contributed by atoms with Crippen LogP contribution in [0.5, 0.6) is 0 Å². The van der Waals surface area contributed by atoms with Gasteiger partial charge in [-0.25, -0.2) is 4.98 Å². The van der Waals surface area contributed by atoms with Crippen LogP contribution in [-0.4, -0.2) is 34.9 Å². The molecule has 1 fully saturated rings. The van der Waals surface area contributed by atoms with Crippen molar-refractivity contribution in [1.82, 2.24) is 9.97 Å². The average molecular weight is 453 g/mol. The van der Waals surface area contributed by atoms with E-state index in [4.69, 9.17) is 17.3 Å². The van der Waals surface area contributed by atoms with E-state index in [9.17, 15) is 9.59 Å². The number of aryl methyl sites for hydroxylation is 1. The van der Waals surface area contributed by atoms with Gasteiger partial charge in [-0.2, -0.15) is 4.98 Å². The van der Waals surface area contributed by atoms with Crippen LogP contribution in [0.4, 0.5) is 23.1 Å². The van der Waals surface area contributed by atoms with Crippen molar-refractivity contribution >= 4 is 46.6 Å². The Morgan fingerprint density at radius 1 is 1.25 bits per heavy atom. The van der Waals surface area contributed by atoms with E-state index >= 15 is 0 Å². The summed E-state index contributed by atoms with van der Waals surface area (Å²) >= 11 is 6.36. The van der Waals surface area contributed by atoms with E-state index in [1.807, 2.05) is 18.2 Å². The van der Waals surface area contributed by atoms with E-state index in [0.717, 1.165) is 36.2 Å². The average Bonchev–Trinajstić information content (AvgIpc) is 3.34. The Morgan fingerprint density at radius 2 is 2.06 bits per heavy atom. The number of carbonyl (C=O) groups is 2. The molecule has 3 aliphatic rings. The number of anilines is 4. The predicted octanol–water partition coefficient (Wildman–Crippen LogP) is 3.26. The van der Waals surface area contributed by atoms with Gasteiger partial charge in [0.05, 0.1) is 12.1 Å². The number of nitrogens with one attached hydrogen (secondary N) is 2. The molecule has 2 aliphatic carbocycles. The summed E-state index contributed by atoms with van der Waals surface area (Å²) in [6.45, 7) is 0. The molecule has 4 unspecified atom stereocenters. The van der Waals surface area contributed by atoms with E-state index in [2.05, 4.69) is 32.8 Å².